The van der Waals surface area contributed by atoms with Crippen LogP contribution >= 0.6 is 11.5 Å². The first kappa shape index (κ1) is 21.9. The number of urea groups is 1. The summed E-state index contributed by atoms with van der Waals surface area (Å²) in [6.07, 6.45) is 0.604. The Balaban J connectivity index is 1.41. The molecular weight excluding hydrogens is 448 g/mol. The maximum Gasteiger partial charge on any atom is 0.394 e. The Morgan fingerprint density at radius 2 is 1.87 bits per heavy atom. The van der Waals surface area contributed by atoms with Gasteiger partial charge in [-0.25, -0.2) is 13.2 Å². The van der Waals surface area contributed by atoms with Crippen LogP contribution in [0.5, 0.6) is 5.75 Å². The van der Waals surface area contributed by atoms with Gasteiger partial charge in [0.15, 0.2) is 9.84 Å². The molecule has 2 aromatic rings. The van der Waals surface area contributed by atoms with E-state index >= 15 is 0 Å². The van der Waals surface area contributed by atoms with Crippen molar-refractivity contribution in [2.24, 2.45) is 5.92 Å². The topological polar surface area (TPSA) is 88.6 Å². The normalized spacial score (nSPS) is 19.1. The molecular formula is C20H23F2N3O4S2. The zero-order valence-electron chi connectivity index (χ0n) is 16.9. The monoisotopic (exact) mass is 471 g/mol. The molecule has 1 aromatic carbocycles. The zero-order chi connectivity index (χ0) is 22.3. The lowest BCUT2D eigenvalue weighted by atomic mass is 9.91. The van der Waals surface area contributed by atoms with Gasteiger partial charge in [-0.2, -0.15) is 13.2 Å². The van der Waals surface area contributed by atoms with Gasteiger partial charge in [-0.1, -0.05) is 0 Å². The number of carbonyl (C=O) groups is 1. The number of benzene rings is 1. The summed E-state index contributed by atoms with van der Waals surface area (Å²) in [6.45, 7) is 1.58. The van der Waals surface area contributed by atoms with E-state index in [0.717, 1.165) is 0 Å². The van der Waals surface area contributed by atoms with Crippen molar-refractivity contribution in [1.29, 1.82) is 0 Å². The molecule has 1 aliphatic heterocycles. The molecule has 1 aliphatic carbocycles. The van der Waals surface area contributed by atoms with E-state index in [0.29, 0.717) is 50.7 Å². The third-order valence-corrected chi connectivity index (χ3v) is 9.27. The number of piperidine rings is 1. The molecule has 1 aromatic heterocycles. The van der Waals surface area contributed by atoms with Crippen molar-refractivity contribution < 1.29 is 26.7 Å². The summed E-state index contributed by atoms with van der Waals surface area (Å²) in [4.78, 5) is 14.2. The minimum atomic E-state index is -3.63. The maximum atomic E-state index is 13.4. The molecule has 1 N–H and O–H groups in total. The second-order valence-electron chi connectivity index (χ2n) is 8.02. The fraction of sp³-hybridized carbons (Fsp3) is 0.500. The van der Waals surface area contributed by atoms with Crippen molar-refractivity contribution in [2.75, 3.05) is 18.4 Å². The predicted octanol–water partition coefficient (Wildman–Crippen LogP) is 4.39. The summed E-state index contributed by atoms with van der Waals surface area (Å²) in [5, 5.41) is 3.47. The first-order valence-electron chi connectivity index (χ1n) is 9.99. The Labute approximate surface area is 183 Å². The molecule has 0 radical (unpaired) electrons. The molecule has 2 amide bonds. The number of aromatic nitrogens is 1. The maximum absolute atomic E-state index is 13.4. The number of halogens is 2. The van der Waals surface area contributed by atoms with Gasteiger partial charge in [0, 0.05) is 26.2 Å². The minimum Gasteiger partial charge on any atom is -0.433 e. The van der Waals surface area contributed by atoms with Crippen LogP contribution in [0, 0.1) is 5.92 Å². The van der Waals surface area contributed by atoms with Crippen molar-refractivity contribution in [1.82, 2.24) is 9.27 Å². The first-order valence-corrected chi connectivity index (χ1v) is 12.2. The number of likely N-dealkylation sites (tertiary alicyclic amines) is 1. The molecule has 1 saturated heterocycles. The zero-order valence-corrected chi connectivity index (χ0v) is 18.5. The molecule has 1 saturated carbocycles. The third-order valence-electron chi connectivity index (χ3n) is 5.90. The van der Waals surface area contributed by atoms with Gasteiger partial charge in [0.1, 0.15) is 10.8 Å². The quantitative estimate of drug-likeness (QED) is 0.675. The van der Waals surface area contributed by atoms with Crippen molar-refractivity contribution in [3.8, 4) is 5.75 Å². The average Bonchev–Trinajstić information content (AvgIpc) is 3.39. The molecule has 2 heterocycles. The standard InChI is InChI=1S/C20H23F2N3O4S2/c1-19(21,22)29-15-2-4-16(5-3-15)31(27,28)20(9-10-20)14-7-12-25(13-8-14)18(26)24-17-6-11-23-30-17/h2-6,11,14H,7-10,12-13H2,1H3,(H,24,26). The van der Waals surface area contributed by atoms with Gasteiger partial charge in [-0.15, -0.1) is 0 Å². The highest BCUT2D eigenvalue weighted by atomic mass is 32.2. The number of anilines is 1. The van der Waals surface area contributed by atoms with Crippen LogP contribution in [0.15, 0.2) is 41.4 Å². The third kappa shape index (κ3) is 4.52. The Kier molecular flexibility index (Phi) is 5.67. The average molecular weight is 472 g/mol. The number of nitrogens with zero attached hydrogens (tertiary/aromatic N) is 2. The van der Waals surface area contributed by atoms with Crippen LogP contribution in [0.1, 0.15) is 32.6 Å². The molecule has 0 atom stereocenters. The molecule has 0 unspecified atom stereocenters. The molecule has 7 nitrogen and oxygen atoms in total. The number of hydrogen-bond donors (Lipinski definition) is 1. The lowest BCUT2D eigenvalue weighted by Crippen LogP contribution is -2.45. The number of sulfone groups is 1. The van der Waals surface area contributed by atoms with Crippen molar-refractivity contribution in [3.63, 3.8) is 0 Å². The van der Waals surface area contributed by atoms with E-state index < -0.39 is 20.7 Å². The molecule has 2 aliphatic rings. The molecule has 0 bridgehead atoms. The van der Waals surface area contributed by atoms with Gasteiger partial charge in [0.25, 0.3) is 0 Å². The summed E-state index contributed by atoms with van der Waals surface area (Å²) in [5.41, 5.74) is 0. The number of rotatable bonds is 6. The largest absolute Gasteiger partial charge is 0.433 e. The summed E-state index contributed by atoms with van der Waals surface area (Å²) < 4.78 is 60.3. The van der Waals surface area contributed by atoms with Gasteiger partial charge in [0.05, 0.1) is 9.64 Å². The van der Waals surface area contributed by atoms with Crippen LogP contribution in [0.2, 0.25) is 0 Å². The van der Waals surface area contributed by atoms with E-state index in [1.54, 1.807) is 17.2 Å². The summed E-state index contributed by atoms with van der Waals surface area (Å²) in [6, 6.07) is 6.68. The van der Waals surface area contributed by atoms with Gasteiger partial charge < -0.3 is 9.64 Å². The van der Waals surface area contributed by atoms with Gasteiger partial charge in [-0.3, -0.25) is 5.32 Å². The van der Waals surface area contributed by atoms with Crippen LogP contribution < -0.4 is 10.1 Å². The Morgan fingerprint density at radius 3 is 2.39 bits per heavy atom. The minimum absolute atomic E-state index is 0.0548. The summed E-state index contributed by atoms with van der Waals surface area (Å²) >= 11 is 1.20. The number of hydrogen-bond acceptors (Lipinski definition) is 6. The smallest absolute Gasteiger partial charge is 0.394 e. The highest BCUT2D eigenvalue weighted by Crippen LogP contribution is 2.55. The number of ether oxygens (including phenoxy) is 1. The first-order chi connectivity index (χ1) is 14.6. The van der Waals surface area contributed by atoms with Crippen LogP contribution in [-0.2, 0) is 9.84 Å². The second kappa shape index (κ2) is 8.01. The Morgan fingerprint density at radius 1 is 1.23 bits per heavy atom. The predicted molar refractivity (Wildman–Crippen MR) is 112 cm³/mol. The number of alkyl halides is 2. The lowest BCUT2D eigenvalue weighted by Gasteiger charge is -2.36. The fourth-order valence-electron chi connectivity index (χ4n) is 4.22. The number of carbonyl (C=O) groups excluding carboxylic acids is 1. The van der Waals surface area contributed by atoms with E-state index in [1.165, 1.54) is 35.8 Å². The van der Waals surface area contributed by atoms with Gasteiger partial charge in [-0.05, 0) is 73.5 Å². The van der Waals surface area contributed by atoms with Crippen LogP contribution in [-0.4, -0.2) is 47.7 Å². The Bertz CT molecular complexity index is 1030. The summed E-state index contributed by atoms with van der Waals surface area (Å²) in [5.74, 6) is -0.141. The molecule has 31 heavy (non-hydrogen) atoms. The van der Waals surface area contributed by atoms with E-state index in [9.17, 15) is 22.0 Å². The highest BCUT2D eigenvalue weighted by molar-refractivity contribution is 7.93. The molecule has 2 fully saturated rings. The van der Waals surface area contributed by atoms with Crippen LogP contribution in [0.25, 0.3) is 0 Å². The molecule has 4 rings (SSSR count). The number of amides is 2. The fourth-order valence-corrected chi connectivity index (χ4v) is 6.99. The van der Waals surface area contributed by atoms with Crippen molar-refractivity contribution >= 4 is 32.4 Å². The highest BCUT2D eigenvalue weighted by Gasteiger charge is 2.60. The van der Waals surface area contributed by atoms with Gasteiger partial charge >= 0.3 is 12.1 Å². The van der Waals surface area contributed by atoms with E-state index in [2.05, 4.69) is 14.4 Å². The van der Waals surface area contributed by atoms with E-state index in [4.69, 9.17) is 0 Å². The van der Waals surface area contributed by atoms with E-state index in [1.807, 2.05) is 0 Å². The van der Waals surface area contributed by atoms with Gasteiger partial charge in [0.2, 0.25) is 0 Å². The molecule has 168 valence electrons. The van der Waals surface area contributed by atoms with Crippen LogP contribution in [0.4, 0.5) is 18.6 Å². The van der Waals surface area contributed by atoms with E-state index in [-0.39, 0.29) is 22.6 Å². The molecule has 11 heteroatoms. The van der Waals surface area contributed by atoms with Crippen molar-refractivity contribution in [2.45, 2.75) is 48.4 Å². The summed E-state index contributed by atoms with van der Waals surface area (Å²) in [7, 11) is -3.63. The molecule has 0 spiro atoms. The Hall–Kier alpha value is -2.27. The van der Waals surface area contributed by atoms with Crippen LogP contribution in [0.3, 0.4) is 0 Å². The lowest BCUT2D eigenvalue weighted by molar-refractivity contribution is -0.158. The number of nitrogens with one attached hydrogen (secondary N) is 1. The second-order valence-corrected chi connectivity index (χ2v) is 11.1. The van der Waals surface area contributed by atoms with Crippen molar-refractivity contribution in [3.05, 3.63) is 36.5 Å². The SMILES string of the molecule is CC(F)(F)Oc1ccc(S(=O)(=O)C2(C3CCN(C(=O)Nc4ccns4)CC3)CC2)cc1.